The van der Waals surface area contributed by atoms with Crippen LogP contribution in [-0.4, -0.2) is 5.11 Å². The van der Waals surface area contributed by atoms with Crippen LogP contribution in [0.3, 0.4) is 0 Å². The lowest BCUT2D eigenvalue weighted by atomic mass is 9.88. The van der Waals surface area contributed by atoms with E-state index in [0.717, 1.165) is 25.7 Å². The molecule has 3 N–H and O–H groups in total. The molecule has 2 nitrogen and oxygen atoms in total. The fourth-order valence-electron chi connectivity index (χ4n) is 2.18. The fraction of sp³-hybridized carbons (Fsp3) is 0.455. The molecule has 1 aliphatic rings. The number of nitrogens with two attached hydrogens (primary N) is 1. The van der Waals surface area contributed by atoms with E-state index in [4.69, 9.17) is 5.73 Å². The summed E-state index contributed by atoms with van der Waals surface area (Å²) in [6, 6.07) is 3.97. The van der Waals surface area contributed by atoms with Crippen molar-refractivity contribution in [1.82, 2.24) is 0 Å². The first-order valence-electron chi connectivity index (χ1n) is 4.90. The number of aromatic hydroxyl groups is 1. The molecule has 0 heterocycles. The third-order valence-electron chi connectivity index (χ3n) is 2.99. The van der Waals surface area contributed by atoms with E-state index in [1.165, 1.54) is 18.2 Å². The van der Waals surface area contributed by atoms with Gasteiger partial charge in [-0.25, -0.2) is 4.39 Å². The Morgan fingerprint density at radius 3 is 2.57 bits per heavy atom. The first-order valence-corrected chi connectivity index (χ1v) is 4.90. The van der Waals surface area contributed by atoms with Crippen LogP contribution in [0.2, 0.25) is 0 Å². The smallest absolute Gasteiger partial charge is 0.123 e. The van der Waals surface area contributed by atoms with E-state index in [9.17, 15) is 9.50 Å². The predicted octanol–water partition coefficient (Wildman–Crippen LogP) is 2.26. The van der Waals surface area contributed by atoms with Gasteiger partial charge in [0.1, 0.15) is 11.6 Å². The van der Waals surface area contributed by atoms with E-state index in [1.807, 2.05) is 0 Å². The summed E-state index contributed by atoms with van der Waals surface area (Å²) in [5, 5.41) is 9.61. The average Bonchev–Trinajstić information content (AvgIpc) is 2.58. The minimum absolute atomic E-state index is 0.107. The van der Waals surface area contributed by atoms with Crippen molar-refractivity contribution in [3.63, 3.8) is 0 Å². The molecule has 0 saturated heterocycles. The topological polar surface area (TPSA) is 46.2 Å². The normalized spacial score (nSPS) is 19.9. The maximum Gasteiger partial charge on any atom is 0.123 e. The number of halogens is 1. The number of hydrogen-bond donors (Lipinski definition) is 2. The summed E-state index contributed by atoms with van der Waals surface area (Å²) in [5.41, 5.74) is 6.15. The van der Waals surface area contributed by atoms with Crippen LogP contribution in [0.15, 0.2) is 18.2 Å². The van der Waals surface area contributed by atoms with Gasteiger partial charge in [-0.3, -0.25) is 0 Å². The van der Waals surface area contributed by atoms with Gasteiger partial charge in [0, 0.05) is 11.1 Å². The Morgan fingerprint density at radius 2 is 1.93 bits per heavy atom. The Labute approximate surface area is 82.5 Å². The Hall–Kier alpha value is -1.09. The lowest BCUT2D eigenvalue weighted by molar-refractivity contribution is 0.406. The van der Waals surface area contributed by atoms with Crippen molar-refractivity contribution < 1.29 is 9.50 Å². The van der Waals surface area contributed by atoms with Gasteiger partial charge >= 0.3 is 0 Å². The molecule has 0 radical (unpaired) electrons. The molecule has 0 aliphatic heterocycles. The van der Waals surface area contributed by atoms with Crippen molar-refractivity contribution in [3.8, 4) is 5.75 Å². The predicted molar refractivity (Wildman–Crippen MR) is 52.4 cm³/mol. The largest absolute Gasteiger partial charge is 0.508 e. The van der Waals surface area contributed by atoms with Crippen LogP contribution in [-0.2, 0) is 5.54 Å². The van der Waals surface area contributed by atoms with Gasteiger partial charge in [0.05, 0.1) is 0 Å². The summed E-state index contributed by atoms with van der Waals surface area (Å²) in [5.74, 6) is -0.231. The van der Waals surface area contributed by atoms with Gasteiger partial charge in [-0.2, -0.15) is 0 Å². The number of phenolic OH excluding ortho intramolecular Hbond substituents is 1. The molecule has 76 valence electrons. The van der Waals surface area contributed by atoms with Gasteiger partial charge in [-0.15, -0.1) is 0 Å². The fourth-order valence-corrected chi connectivity index (χ4v) is 2.18. The Kier molecular flexibility index (Phi) is 2.19. The SMILES string of the molecule is NC1(c2cc(F)ccc2O)CCCC1. The van der Waals surface area contributed by atoms with Gasteiger partial charge in [-0.05, 0) is 31.0 Å². The summed E-state index contributed by atoms with van der Waals surface area (Å²) in [4.78, 5) is 0. The molecule has 0 bridgehead atoms. The van der Waals surface area contributed by atoms with E-state index in [2.05, 4.69) is 0 Å². The molecule has 2 rings (SSSR count). The summed E-state index contributed by atoms with van der Waals surface area (Å²) in [7, 11) is 0. The second-order valence-electron chi connectivity index (χ2n) is 4.02. The standard InChI is InChI=1S/C11H14FNO/c12-8-3-4-10(14)9(7-8)11(13)5-1-2-6-11/h3-4,7,14H,1-2,5-6,13H2. The number of rotatable bonds is 1. The zero-order chi connectivity index (χ0) is 10.2. The Balaban J connectivity index is 2.44. The molecule has 0 amide bonds. The highest BCUT2D eigenvalue weighted by Crippen LogP contribution is 2.40. The maximum absolute atomic E-state index is 13.0. The van der Waals surface area contributed by atoms with E-state index in [-0.39, 0.29) is 11.6 Å². The lowest BCUT2D eigenvalue weighted by Crippen LogP contribution is -2.33. The zero-order valence-electron chi connectivity index (χ0n) is 7.96. The molecule has 0 unspecified atom stereocenters. The van der Waals surface area contributed by atoms with Crippen LogP contribution in [0.1, 0.15) is 31.2 Å². The Bertz CT molecular complexity index is 345. The summed E-state index contributed by atoms with van der Waals surface area (Å²) in [6.07, 6.45) is 3.74. The molecular formula is C11H14FNO. The molecule has 0 aromatic heterocycles. The second-order valence-corrected chi connectivity index (χ2v) is 4.02. The van der Waals surface area contributed by atoms with Crippen LogP contribution in [0, 0.1) is 5.82 Å². The maximum atomic E-state index is 13.0. The molecule has 1 fully saturated rings. The third kappa shape index (κ3) is 1.48. The summed E-state index contributed by atoms with van der Waals surface area (Å²) < 4.78 is 13.0. The quantitative estimate of drug-likeness (QED) is 0.722. The van der Waals surface area contributed by atoms with E-state index < -0.39 is 5.54 Å². The molecular weight excluding hydrogens is 181 g/mol. The van der Waals surface area contributed by atoms with E-state index in [0.29, 0.717) is 5.56 Å². The second kappa shape index (κ2) is 3.24. The van der Waals surface area contributed by atoms with Gasteiger partial charge in [0.25, 0.3) is 0 Å². The highest BCUT2D eigenvalue weighted by molar-refractivity contribution is 5.38. The van der Waals surface area contributed by atoms with Crippen LogP contribution in [0.4, 0.5) is 4.39 Å². The van der Waals surface area contributed by atoms with Crippen LogP contribution in [0.25, 0.3) is 0 Å². The number of benzene rings is 1. The monoisotopic (exact) mass is 195 g/mol. The molecule has 3 heteroatoms. The molecule has 1 aliphatic carbocycles. The number of phenols is 1. The summed E-state index contributed by atoms with van der Waals surface area (Å²) >= 11 is 0. The third-order valence-corrected chi connectivity index (χ3v) is 2.99. The van der Waals surface area contributed by atoms with Crippen molar-refractivity contribution >= 4 is 0 Å². The van der Waals surface area contributed by atoms with Crippen LogP contribution in [0.5, 0.6) is 5.75 Å². The number of hydrogen-bond acceptors (Lipinski definition) is 2. The molecule has 1 aromatic carbocycles. The Morgan fingerprint density at radius 1 is 1.29 bits per heavy atom. The molecule has 0 spiro atoms. The lowest BCUT2D eigenvalue weighted by Gasteiger charge is -2.24. The minimum Gasteiger partial charge on any atom is -0.508 e. The summed E-state index contributed by atoms with van der Waals surface area (Å²) in [6.45, 7) is 0. The van der Waals surface area contributed by atoms with Gasteiger partial charge in [-0.1, -0.05) is 12.8 Å². The van der Waals surface area contributed by atoms with Crippen molar-refractivity contribution in [2.45, 2.75) is 31.2 Å². The van der Waals surface area contributed by atoms with E-state index >= 15 is 0 Å². The molecule has 0 atom stereocenters. The average molecular weight is 195 g/mol. The highest BCUT2D eigenvalue weighted by atomic mass is 19.1. The molecule has 1 aromatic rings. The highest BCUT2D eigenvalue weighted by Gasteiger charge is 2.33. The van der Waals surface area contributed by atoms with E-state index in [1.54, 1.807) is 0 Å². The van der Waals surface area contributed by atoms with Gasteiger partial charge in [0.15, 0.2) is 0 Å². The van der Waals surface area contributed by atoms with Crippen molar-refractivity contribution in [3.05, 3.63) is 29.6 Å². The van der Waals surface area contributed by atoms with Crippen LogP contribution < -0.4 is 5.73 Å². The van der Waals surface area contributed by atoms with Crippen molar-refractivity contribution in [2.24, 2.45) is 5.73 Å². The first-order chi connectivity index (χ1) is 6.62. The minimum atomic E-state index is -0.522. The first kappa shape index (κ1) is 9.46. The van der Waals surface area contributed by atoms with Crippen molar-refractivity contribution in [2.75, 3.05) is 0 Å². The molecule has 14 heavy (non-hydrogen) atoms. The van der Waals surface area contributed by atoms with Crippen molar-refractivity contribution in [1.29, 1.82) is 0 Å². The van der Waals surface area contributed by atoms with Gasteiger partial charge in [0.2, 0.25) is 0 Å². The van der Waals surface area contributed by atoms with Gasteiger partial charge < -0.3 is 10.8 Å². The van der Waals surface area contributed by atoms with Crippen LogP contribution >= 0.6 is 0 Å². The molecule has 1 saturated carbocycles. The zero-order valence-corrected chi connectivity index (χ0v) is 7.96.